The molecule has 2 rings (SSSR count). The highest BCUT2D eigenvalue weighted by molar-refractivity contribution is 6.33. The van der Waals surface area contributed by atoms with Gasteiger partial charge in [-0.3, -0.25) is 4.79 Å². The van der Waals surface area contributed by atoms with E-state index in [1.807, 2.05) is 0 Å². The summed E-state index contributed by atoms with van der Waals surface area (Å²) in [6.07, 6.45) is 8.77. The van der Waals surface area contributed by atoms with E-state index in [1.165, 1.54) is 38.3 Å². The molecule has 1 heterocycles. The fourth-order valence-corrected chi connectivity index (χ4v) is 3.27. The number of hydrogen-bond donors (Lipinski definition) is 2. The molecule has 0 aromatic carbocycles. The van der Waals surface area contributed by atoms with Gasteiger partial charge >= 0.3 is 0 Å². The first-order chi connectivity index (χ1) is 10.2. The highest BCUT2D eigenvalue weighted by Gasteiger charge is 2.24. The van der Waals surface area contributed by atoms with E-state index in [2.05, 4.69) is 22.5 Å². The number of carbonyl (C=O) groups excluding carboxylic acids is 1. The van der Waals surface area contributed by atoms with E-state index in [9.17, 15) is 4.79 Å². The molecular weight excluding hydrogens is 286 g/mol. The second-order valence-electron chi connectivity index (χ2n) is 5.69. The van der Waals surface area contributed by atoms with Crippen molar-refractivity contribution in [3.8, 4) is 0 Å². The van der Waals surface area contributed by atoms with Crippen LogP contribution in [-0.2, 0) is 0 Å². The van der Waals surface area contributed by atoms with Gasteiger partial charge in [0.2, 0.25) is 0 Å². The van der Waals surface area contributed by atoms with Crippen LogP contribution < -0.4 is 10.6 Å². The summed E-state index contributed by atoms with van der Waals surface area (Å²) in [5, 5.41) is 6.49. The first-order valence-electron chi connectivity index (χ1n) is 7.79. The lowest BCUT2D eigenvalue weighted by atomic mass is 9.83. The monoisotopic (exact) mass is 309 g/mol. The van der Waals surface area contributed by atoms with Crippen molar-refractivity contribution in [3.63, 3.8) is 0 Å². The average Bonchev–Trinajstić information content (AvgIpc) is 2.53. The predicted octanol–water partition coefficient (Wildman–Crippen LogP) is 3.87. The van der Waals surface area contributed by atoms with E-state index in [4.69, 9.17) is 11.6 Å². The van der Waals surface area contributed by atoms with E-state index in [0.29, 0.717) is 22.3 Å². The summed E-state index contributed by atoms with van der Waals surface area (Å²) >= 11 is 6.11. The molecule has 1 aromatic rings. The van der Waals surface area contributed by atoms with E-state index in [0.717, 1.165) is 6.42 Å². The Balaban J connectivity index is 2.08. The fourth-order valence-electron chi connectivity index (χ4n) is 3.09. The topological polar surface area (TPSA) is 54.0 Å². The van der Waals surface area contributed by atoms with Crippen LogP contribution in [-0.4, -0.2) is 24.0 Å². The molecule has 2 N–H and O–H groups in total. The number of amides is 1. The maximum atomic E-state index is 12.5. The van der Waals surface area contributed by atoms with Gasteiger partial charge in [0.1, 0.15) is 5.82 Å². The minimum absolute atomic E-state index is 0.101. The lowest BCUT2D eigenvalue weighted by Crippen LogP contribution is -2.40. The average molecular weight is 310 g/mol. The number of hydrogen-bond acceptors (Lipinski definition) is 3. The van der Waals surface area contributed by atoms with Crippen molar-refractivity contribution >= 4 is 23.3 Å². The first kappa shape index (κ1) is 16.1. The highest BCUT2D eigenvalue weighted by Crippen LogP contribution is 2.28. The number of rotatable bonds is 5. The van der Waals surface area contributed by atoms with Gasteiger partial charge in [-0.2, -0.15) is 0 Å². The Morgan fingerprint density at radius 3 is 2.76 bits per heavy atom. The van der Waals surface area contributed by atoms with Crippen molar-refractivity contribution < 1.29 is 4.79 Å². The molecule has 5 heteroatoms. The summed E-state index contributed by atoms with van der Waals surface area (Å²) in [5.74, 6) is 1.14. The van der Waals surface area contributed by atoms with Gasteiger partial charge in [-0.05, 0) is 31.2 Å². The van der Waals surface area contributed by atoms with Crippen LogP contribution in [0.3, 0.4) is 0 Å². The maximum absolute atomic E-state index is 12.5. The predicted molar refractivity (Wildman–Crippen MR) is 86.9 cm³/mol. The summed E-state index contributed by atoms with van der Waals surface area (Å²) in [4.78, 5) is 16.6. The van der Waals surface area contributed by atoms with E-state index < -0.39 is 0 Å². The minimum Gasteiger partial charge on any atom is -0.373 e. The number of halogens is 1. The first-order valence-corrected chi connectivity index (χ1v) is 8.17. The zero-order valence-corrected chi connectivity index (χ0v) is 13.5. The molecule has 1 saturated carbocycles. The van der Waals surface area contributed by atoms with Crippen LogP contribution in [0.25, 0.3) is 0 Å². The Hall–Kier alpha value is -1.29. The zero-order valence-electron chi connectivity index (χ0n) is 12.8. The molecule has 1 amide bonds. The summed E-state index contributed by atoms with van der Waals surface area (Å²) in [7, 11) is 1.77. The molecular formula is C16H24ClN3O. The lowest BCUT2D eigenvalue weighted by Gasteiger charge is -2.30. The third kappa shape index (κ3) is 4.10. The molecule has 116 valence electrons. The van der Waals surface area contributed by atoms with Crippen LogP contribution in [0.15, 0.2) is 12.3 Å². The molecule has 1 atom stereocenters. The molecule has 0 saturated heterocycles. The Morgan fingerprint density at radius 1 is 1.43 bits per heavy atom. The highest BCUT2D eigenvalue weighted by atomic mass is 35.5. The molecule has 0 aliphatic heterocycles. The van der Waals surface area contributed by atoms with Crippen molar-refractivity contribution in [2.45, 2.75) is 51.5 Å². The molecule has 1 aliphatic rings. The second kappa shape index (κ2) is 7.64. The largest absolute Gasteiger partial charge is 0.373 e. The summed E-state index contributed by atoms with van der Waals surface area (Å²) in [6, 6.07) is 1.94. The molecule has 1 aromatic heterocycles. The van der Waals surface area contributed by atoms with Gasteiger partial charge in [-0.15, -0.1) is 0 Å². The van der Waals surface area contributed by atoms with Gasteiger partial charge in [-0.1, -0.05) is 37.8 Å². The van der Waals surface area contributed by atoms with Crippen molar-refractivity contribution in [3.05, 3.63) is 22.8 Å². The molecule has 0 radical (unpaired) electrons. The van der Waals surface area contributed by atoms with Crippen LogP contribution in [0.5, 0.6) is 0 Å². The van der Waals surface area contributed by atoms with E-state index in [1.54, 1.807) is 13.1 Å². The summed E-state index contributed by atoms with van der Waals surface area (Å²) in [5.41, 5.74) is 0.491. The molecule has 21 heavy (non-hydrogen) atoms. The second-order valence-corrected chi connectivity index (χ2v) is 6.09. The normalized spacial score (nSPS) is 17.3. The molecule has 1 fully saturated rings. The van der Waals surface area contributed by atoms with Gasteiger partial charge in [0, 0.05) is 19.3 Å². The van der Waals surface area contributed by atoms with Crippen LogP contribution in [0.1, 0.15) is 55.8 Å². The summed E-state index contributed by atoms with van der Waals surface area (Å²) in [6.45, 7) is 2.13. The van der Waals surface area contributed by atoms with Crippen LogP contribution in [0.4, 0.5) is 5.82 Å². The van der Waals surface area contributed by atoms with Gasteiger partial charge in [0.15, 0.2) is 0 Å². The molecule has 0 spiro atoms. The molecule has 4 nitrogen and oxygen atoms in total. The Labute approximate surface area is 131 Å². The van der Waals surface area contributed by atoms with E-state index in [-0.39, 0.29) is 11.9 Å². The number of pyridine rings is 1. The standard InChI is InChI=1S/C16H24ClN3O/c1-3-14(11-7-5-4-6-8-11)20-16(21)12-9-15(18-2)19-10-13(12)17/h9-11,14H,3-8H2,1-2H3,(H,18,19)(H,20,21). The van der Waals surface area contributed by atoms with Crippen LogP contribution in [0.2, 0.25) is 5.02 Å². The smallest absolute Gasteiger partial charge is 0.253 e. The molecule has 0 bridgehead atoms. The summed E-state index contributed by atoms with van der Waals surface area (Å²) < 4.78 is 0. The number of anilines is 1. The number of nitrogens with one attached hydrogen (secondary N) is 2. The van der Waals surface area contributed by atoms with E-state index >= 15 is 0 Å². The zero-order chi connectivity index (χ0) is 15.2. The quantitative estimate of drug-likeness (QED) is 0.868. The van der Waals surface area contributed by atoms with Crippen molar-refractivity contribution in [2.75, 3.05) is 12.4 Å². The fraction of sp³-hybridized carbons (Fsp3) is 0.625. The number of nitrogens with zero attached hydrogens (tertiary/aromatic N) is 1. The van der Waals surface area contributed by atoms with Crippen molar-refractivity contribution in [1.29, 1.82) is 0 Å². The van der Waals surface area contributed by atoms with Gasteiger partial charge < -0.3 is 10.6 Å². The lowest BCUT2D eigenvalue weighted by molar-refractivity contribution is 0.0911. The Morgan fingerprint density at radius 2 is 2.14 bits per heavy atom. The van der Waals surface area contributed by atoms with Crippen molar-refractivity contribution in [1.82, 2.24) is 10.3 Å². The maximum Gasteiger partial charge on any atom is 0.253 e. The van der Waals surface area contributed by atoms with Crippen molar-refractivity contribution in [2.24, 2.45) is 5.92 Å². The molecule has 1 aliphatic carbocycles. The minimum atomic E-state index is -0.101. The number of aromatic nitrogens is 1. The molecule has 1 unspecified atom stereocenters. The Kier molecular flexibility index (Phi) is 5.85. The number of carbonyl (C=O) groups is 1. The third-order valence-electron chi connectivity index (χ3n) is 4.33. The van der Waals surface area contributed by atoms with Crippen LogP contribution >= 0.6 is 11.6 Å². The third-order valence-corrected chi connectivity index (χ3v) is 4.63. The van der Waals surface area contributed by atoms with Gasteiger partial charge in [-0.25, -0.2) is 4.98 Å². The SMILES string of the molecule is CCC(NC(=O)c1cc(NC)ncc1Cl)C1CCCCC1. The van der Waals surface area contributed by atoms with Gasteiger partial charge in [0.25, 0.3) is 5.91 Å². The van der Waals surface area contributed by atoms with Gasteiger partial charge in [0.05, 0.1) is 10.6 Å². The Bertz CT molecular complexity index is 486. The van der Waals surface area contributed by atoms with Crippen LogP contribution in [0, 0.1) is 5.92 Å².